The Morgan fingerprint density at radius 1 is 1.18 bits per heavy atom. The number of rotatable bonds is 9. The summed E-state index contributed by atoms with van der Waals surface area (Å²) in [6, 6.07) is 14.4. The molecule has 3 rings (SSSR count). The van der Waals surface area contributed by atoms with Gasteiger partial charge in [-0.15, -0.1) is 0 Å². The van der Waals surface area contributed by atoms with Gasteiger partial charge in [-0.05, 0) is 49.6 Å². The zero-order valence-electron chi connectivity index (χ0n) is 16.3. The number of nitrogens with one attached hydrogen (secondary N) is 1. The minimum absolute atomic E-state index is 0.215. The first-order valence-electron chi connectivity index (χ1n) is 9.69. The summed E-state index contributed by atoms with van der Waals surface area (Å²) >= 11 is 0. The molecule has 6 nitrogen and oxygen atoms in total. The second kappa shape index (κ2) is 9.26. The Kier molecular flexibility index (Phi) is 6.53. The molecule has 6 heteroatoms. The predicted octanol–water partition coefficient (Wildman–Crippen LogP) is 3.69. The Balaban J connectivity index is 1.54. The van der Waals surface area contributed by atoms with E-state index in [2.05, 4.69) is 12.2 Å². The van der Waals surface area contributed by atoms with Gasteiger partial charge in [-0.3, -0.25) is 9.36 Å². The molecule has 0 saturated heterocycles. The minimum Gasteiger partial charge on any atom is -0.494 e. The largest absolute Gasteiger partial charge is 0.494 e. The second-order valence-electron chi connectivity index (χ2n) is 6.77. The number of benzene rings is 2. The minimum atomic E-state index is -0.648. The van der Waals surface area contributed by atoms with Gasteiger partial charge < -0.3 is 14.5 Å². The molecule has 1 atom stereocenters. The first kappa shape index (κ1) is 19.7. The fraction of sp³-hybridized carbons (Fsp3) is 0.364. The molecular weight excluding hydrogens is 356 g/mol. The molecule has 1 amide bonds. The molecule has 0 aliphatic rings. The van der Waals surface area contributed by atoms with Crippen LogP contribution in [-0.4, -0.2) is 23.6 Å². The summed E-state index contributed by atoms with van der Waals surface area (Å²) in [5.74, 6) is 0.122. The van der Waals surface area contributed by atoms with Crippen molar-refractivity contribution in [2.45, 2.75) is 39.2 Å². The Bertz CT molecular complexity index is 972. The molecule has 1 heterocycles. The summed E-state index contributed by atoms with van der Waals surface area (Å²) in [5, 5.41) is 2.90. The normalized spacial score (nSPS) is 12.1. The molecule has 0 saturated carbocycles. The van der Waals surface area contributed by atoms with Crippen LogP contribution in [0.3, 0.4) is 0 Å². The molecule has 0 aliphatic carbocycles. The topological polar surface area (TPSA) is 73.5 Å². The van der Waals surface area contributed by atoms with Crippen LogP contribution in [0, 0.1) is 0 Å². The zero-order valence-corrected chi connectivity index (χ0v) is 16.3. The molecule has 0 bridgehead atoms. The molecule has 148 valence electrons. The van der Waals surface area contributed by atoms with Crippen LogP contribution in [0.1, 0.15) is 38.3 Å². The van der Waals surface area contributed by atoms with Gasteiger partial charge in [-0.2, -0.15) is 0 Å². The van der Waals surface area contributed by atoms with E-state index in [9.17, 15) is 9.59 Å². The average Bonchev–Trinajstić information content (AvgIpc) is 3.04. The van der Waals surface area contributed by atoms with E-state index >= 15 is 0 Å². The standard InChI is InChI=1S/C22H26N2O4/c1-3-4-15-27-18-11-9-17(10-12-18)13-14-23-21(25)16(2)24-19-7-5-6-8-20(19)28-22(24)26/h5-12,16H,3-4,13-15H2,1-2H3,(H,23,25). The molecule has 1 N–H and O–H groups in total. The van der Waals surface area contributed by atoms with Crippen molar-refractivity contribution in [2.24, 2.45) is 0 Å². The third kappa shape index (κ3) is 4.63. The van der Waals surface area contributed by atoms with Crippen molar-refractivity contribution in [3.63, 3.8) is 0 Å². The van der Waals surface area contributed by atoms with Gasteiger partial charge >= 0.3 is 5.76 Å². The first-order chi connectivity index (χ1) is 13.6. The van der Waals surface area contributed by atoms with E-state index in [4.69, 9.17) is 9.15 Å². The summed E-state index contributed by atoms with van der Waals surface area (Å²) in [4.78, 5) is 24.6. The number of amides is 1. The van der Waals surface area contributed by atoms with Gasteiger partial charge in [0, 0.05) is 6.54 Å². The summed E-state index contributed by atoms with van der Waals surface area (Å²) in [6.07, 6.45) is 2.85. The van der Waals surface area contributed by atoms with Crippen molar-refractivity contribution < 1.29 is 13.9 Å². The van der Waals surface area contributed by atoms with Crippen LogP contribution in [0.4, 0.5) is 0 Å². The molecule has 0 aliphatic heterocycles. The number of nitrogens with zero attached hydrogens (tertiary/aromatic N) is 1. The highest BCUT2D eigenvalue weighted by Gasteiger charge is 2.20. The molecule has 0 radical (unpaired) electrons. The summed E-state index contributed by atoms with van der Waals surface area (Å²) in [5.41, 5.74) is 2.21. The molecule has 28 heavy (non-hydrogen) atoms. The lowest BCUT2D eigenvalue weighted by atomic mass is 10.1. The van der Waals surface area contributed by atoms with E-state index in [0.717, 1.165) is 30.8 Å². The summed E-state index contributed by atoms with van der Waals surface area (Å²) < 4.78 is 12.2. The number of fused-ring (bicyclic) bond motifs is 1. The molecule has 1 aromatic heterocycles. The van der Waals surface area contributed by atoms with Gasteiger partial charge in [0.1, 0.15) is 11.8 Å². The number of carbonyl (C=O) groups is 1. The molecule has 2 aromatic carbocycles. The highest BCUT2D eigenvalue weighted by Crippen LogP contribution is 2.17. The maximum Gasteiger partial charge on any atom is 0.420 e. The van der Waals surface area contributed by atoms with Crippen LogP contribution in [0.5, 0.6) is 5.75 Å². The molecular formula is C22H26N2O4. The number of ether oxygens (including phenoxy) is 1. The first-order valence-corrected chi connectivity index (χ1v) is 9.69. The van der Waals surface area contributed by atoms with Crippen molar-refractivity contribution in [3.8, 4) is 5.75 Å². The zero-order chi connectivity index (χ0) is 19.9. The SMILES string of the molecule is CCCCOc1ccc(CCNC(=O)C(C)n2c(=O)oc3ccccc32)cc1. The Hall–Kier alpha value is -3.02. The van der Waals surface area contributed by atoms with Gasteiger partial charge in [-0.25, -0.2) is 4.79 Å². The van der Waals surface area contributed by atoms with Gasteiger partial charge in [0.25, 0.3) is 0 Å². The molecule has 0 spiro atoms. The van der Waals surface area contributed by atoms with Crippen LogP contribution in [0.2, 0.25) is 0 Å². The summed E-state index contributed by atoms with van der Waals surface area (Å²) in [6.45, 7) is 5.05. The van der Waals surface area contributed by atoms with Crippen molar-refractivity contribution in [3.05, 3.63) is 64.6 Å². The van der Waals surface area contributed by atoms with Crippen molar-refractivity contribution >= 4 is 17.0 Å². The van der Waals surface area contributed by atoms with Gasteiger partial charge in [0.15, 0.2) is 5.58 Å². The van der Waals surface area contributed by atoms with Crippen LogP contribution in [0.25, 0.3) is 11.1 Å². The van der Waals surface area contributed by atoms with Gasteiger partial charge in [-0.1, -0.05) is 37.6 Å². The lowest BCUT2D eigenvalue weighted by Crippen LogP contribution is -2.35. The lowest BCUT2D eigenvalue weighted by molar-refractivity contribution is -0.123. The van der Waals surface area contributed by atoms with Gasteiger partial charge in [0.2, 0.25) is 5.91 Å². The quantitative estimate of drug-likeness (QED) is 0.573. The number of para-hydroxylation sites is 2. The second-order valence-corrected chi connectivity index (χ2v) is 6.77. The van der Waals surface area contributed by atoms with Gasteiger partial charge in [0.05, 0.1) is 12.1 Å². The third-order valence-corrected chi connectivity index (χ3v) is 4.69. The Morgan fingerprint density at radius 3 is 2.68 bits per heavy atom. The molecule has 3 aromatic rings. The highest BCUT2D eigenvalue weighted by molar-refractivity contribution is 5.82. The van der Waals surface area contributed by atoms with Crippen molar-refractivity contribution in [1.82, 2.24) is 9.88 Å². The monoisotopic (exact) mass is 382 g/mol. The Morgan fingerprint density at radius 2 is 1.93 bits per heavy atom. The van der Waals surface area contributed by atoms with E-state index in [1.54, 1.807) is 25.1 Å². The average molecular weight is 382 g/mol. The Labute approximate surface area is 164 Å². The van der Waals surface area contributed by atoms with Crippen LogP contribution in [-0.2, 0) is 11.2 Å². The number of carbonyl (C=O) groups excluding carboxylic acids is 1. The number of hydrogen-bond donors (Lipinski definition) is 1. The van der Waals surface area contributed by atoms with Crippen molar-refractivity contribution in [2.75, 3.05) is 13.2 Å². The van der Waals surface area contributed by atoms with Crippen LogP contribution >= 0.6 is 0 Å². The third-order valence-electron chi connectivity index (χ3n) is 4.69. The molecule has 1 unspecified atom stereocenters. The fourth-order valence-corrected chi connectivity index (χ4v) is 3.03. The van der Waals surface area contributed by atoms with Crippen LogP contribution < -0.4 is 15.8 Å². The number of oxazole rings is 1. The smallest absolute Gasteiger partial charge is 0.420 e. The van der Waals surface area contributed by atoms with E-state index in [-0.39, 0.29) is 5.91 Å². The maximum absolute atomic E-state index is 12.5. The number of aromatic nitrogens is 1. The summed E-state index contributed by atoms with van der Waals surface area (Å²) in [7, 11) is 0. The van der Waals surface area contributed by atoms with Crippen LogP contribution in [0.15, 0.2) is 57.7 Å². The maximum atomic E-state index is 12.5. The molecule has 0 fully saturated rings. The predicted molar refractivity (Wildman–Crippen MR) is 109 cm³/mol. The lowest BCUT2D eigenvalue weighted by Gasteiger charge is -2.13. The van der Waals surface area contributed by atoms with E-state index in [0.29, 0.717) is 24.1 Å². The van der Waals surface area contributed by atoms with Crippen molar-refractivity contribution in [1.29, 1.82) is 0 Å². The number of hydrogen-bond acceptors (Lipinski definition) is 4. The van der Waals surface area contributed by atoms with E-state index < -0.39 is 11.8 Å². The van der Waals surface area contributed by atoms with E-state index in [1.807, 2.05) is 30.3 Å². The highest BCUT2D eigenvalue weighted by atomic mass is 16.5. The number of unbranched alkanes of at least 4 members (excludes halogenated alkanes) is 1. The fourth-order valence-electron chi connectivity index (χ4n) is 3.03. The van der Waals surface area contributed by atoms with E-state index in [1.165, 1.54) is 4.57 Å².